The summed E-state index contributed by atoms with van der Waals surface area (Å²) in [4.78, 5) is 16.4. The molecule has 0 bridgehead atoms. The van der Waals surface area contributed by atoms with Crippen molar-refractivity contribution in [3.63, 3.8) is 0 Å². The Kier molecular flexibility index (Phi) is 6.73. The average molecular weight is 466 g/mol. The Bertz CT molecular complexity index is 1100. The van der Waals surface area contributed by atoms with Crippen molar-refractivity contribution in [1.29, 1.82) is 0 Å². The first-order chi connectivity index (χ1) is 16.6. The van der Waals surface area contributed by atoms with Gasteiger partial charge in [0.15, 0.2) is 11.6 Å². The van der Waals surface area contributed by atoms with Crippen LogP contribution in [0.3, 0.4) is 0 Å². The largest absolute Gasteiger partial charge is 0.396 e. The van der Waals surface area contributed by atoms with Crippen molar-refractivity contribution >= 4 is 11.6 Å². The van der Waals surface area contributed by atoms with Crippen LogP contribution in [-0.4, -0.2) is 75.6 Å². The molecule has 0 saturated carbocycles. The van der Waals surface area contributed by atoms with E-state index in [9.17, 15) is 9.50 Å². The van der Waals surface area contributed by atoms with Gasteiger partial charge in [0.1, 0.15) is 5.82 Å². The third-order valence-electron chi connectivity index (χ3n) is 6.97. The normalized spacial score (nSPS) is 18.0. The molecule has 3 aromatic rings. The highest BCUT2D eigenvalue weighted by molar-refractivity contribution is 5.62. The molecule has 2 aromatic heterocycles. The number of hydrogen-bond acceptors (Lipinski definition) is 7. The zero-order valence-corrected chi connectivity index (χ0v) is 19.6. The van der Waals surface area contributed by atoms with Gasteiger partial charge in [0.25, 0.3) is 0 Å². The molecule has 0 aliphatic carbocycles. The molecule has 1 N–H and O–H groups in total. The molecule has 0 atom stereocenters. The second-order valence-electron chi connectivity index (χ2n) is 9.24. The van der Waals surface area contributed by atoms with Gasteiger partial charge in [-0.05, 0) is 43.9 Å². The molecular weight excluding hydrogens is 433 g/mol. The van der Waals surface area contributed by atoms with E-state index >= 15 is 0 Å². The molecule has 180 valence electrons. The van der Waals surface area contributed by atoms with Crippen LogP contribution in [0.4, 0.5) is 16.0 Å². The van der Waals surface area contributed by atoms with Crippen molar-refractivity contribution in [1.82, 2.24) is 24.6 Å². The number of piperazine rings is 1. The summed E-state index contributed by atoms with van der Waals surface area (Å²) in [5, 5.41) is 14.0. The molecule has 0 unspecified atom stereocenters. The van der Waals surface area contributed by atoms with E-state index in [4.69, 9.17) is 4.98 Å². The zero-order chi connectivity index (χ0) is 23.5. The standard InChI is InChI=1S/C25H32FN7O/c1-19-21(17-33(29-19)23-4-2-3-22(26)15-23)16-30-11-13-32(14-12-30)25-24(27-7-8-28-25)31-9-5-20(18-34)6-10-31/h2-4,7-8,15,17,20,34H,5-6,9-14,16,18H2,1H3. The van der Waals surface area contributed by atoms with Crippen LogP contribution >= 0.6 is 0 Å². The lowest BCUT2D eigenvalue weighted by molar-refractivity contribution is 0.202. The summed E-state index contributed by atoms with van der Waals surface area (Å²) in [7, 11) is 0. The van der Waals surface area contributed by atoms with E-state index in [1.54, 1.807) is 23.1 Å². The second kappa shape index (κ2) is 10.1. The highest BCUT2D eigenvalue weighted by atomic mass is 19.1. The van der Waals surface area contributed by atoms with Gasteiger partial charge in [0, 0.05) is 76.6 Å². The van der Waals surface area contributed by atoms with Crippen molar-refractivity contribution in [2.45, 2.75) is 26.3 Å². The summed E-state index contributed by atoms with van der Waals surface area (Å²) >= 11 is 0. The van der Waals surface area contributed by atoms with Gasteiger partial charge in [-0.2, -0.15) is 5.10 Å². The summed E-state index contributed by atoms with van der Waals surface area (Å²) < 4.78 is 15.4. The fourth-order valence-electron chi connectivity index (χ4n) is 4.86. The van der Waals surface area contributed by atoms with Gasteiger partial charge in [0.2, 0.25) is 0 Å². The molecule has 2 saturated heterocycles. The lowest BCUT2D eigenvalue weighted by Crippen LogP contribution is -2.47. The first-order valence-corrected chi connectivity index (χ1v) is 12.1. The van der Waals surface area contributed by atoms with Crippen LogP contribution in [0.1, 0.15) is 24.1 Å². The second-order valence-corrected chi connectivity index (χ2v) is 9.24. The lowest BCUT2D eigenvalue weighted by Gasteiger charge is -2.38. The van der Waals surface area contributed by atoms with E-state index in [-0.39, 0.29) is 12.4 Å². The number of benzene rings is 1. The minimum Gasteiger partial charge on any atom is -0.396 e. The van der Waals surface area contributed by atoms with Crippen molar-refractivity contribution in [3.05, 3.63) is 59.9 Å². The Morgan fingerprint density at radius 1 is 0.971 bits per heavy atom. The van der Waals surface area contributed by atoms with Crippen LogP contribution in [-0.2, 0) is 6.54 Å². The number of piperidine rings is 1. The molecule has 5 rings (SSSR count). The first kappa shape index (κ1) is 22.7. The number of aryl methyl sites for hydroxylation is 1. The highest BCUT2D eigenvalue weighted by Gasteiger charge is 2.26. The molecule has 0 amide bonds. The Morgan fingerprint density at radius 3 is 2.29 bits per heavy atom. The molecular formula is C25H32FN7O. The minimum atomic E-state index is -0.260. The maximum Gasteiger partial charge on any atom is 0.172 e. The molecule has 1 aromatic carbocycles. The third kappa shape index (κ3) is 4.90. The van der Waals surface area contributed by atoms with E-state index in [1.165, 1.54) is 12.1 Å². The van der Waals surface area contributed by atoms with E-state index < -0.39 is 0 Å². The Hall–Kier alpha value is -3.04. The number of aliphatic hydroxyl groups is 1. The van der Waals surface area contributed by atoms with Gasteiger partial charge in [-0.1, -0.05) is 6.07 Å². The zero-order valence-electron chi connectivity index (χ0n) is 19.6. The van der Waals surface area contributed by atoms with E-state index in [0.717, 1.165) is 87.2 Å². The summed E-state index contributed by atoms with van der Waals surface area (Å²) in [6, 6.07) is 6.51. The molecule has 8 nitrogen and oxygen atoms in total. The van der Waals surface area contributed by atoms with Gasteiger partial charge in [0.05, 0.1) is 11.4 Å². The van der Waals surface area contributed by atoms with Gasteiger partial charge in [-0.25, -0.2) is 19.0 Å². The van der Waals surface area contributed by atoms with E-state index in [0.29, 0.717) is 5.92 Å². The minimum absolute atomic E-state index is 0.260. The predicted octanol–water partition coefficient (Wildman–Crippen LogP) is 2.64. The average Bonchev–Trinajstić information content (AvgIpc) is 3.24. The highest BCUT2D eigenvalue weighted by Crippen LogP contribution is 2.29. The van der Waals surface area contributed by atoms with Crippen LogP contribution in [0, 0.1) is 18.7 Å². The van der Waals surface area contributed by atoms with E-state index in [1.807, 2.05) is 19.2 Å². The molecule has 34 heavy (non-hydrogen) atoms. The number of anilines is 2. The smallest absolute Gasteiger partial charge is 0.172 e. The lowest BCUT2D eigenvalue weighted by atomic mass is 9.98. The molecule has 2 aliphatic heterocycles. The van der Waals surface area contributed by atoms with Crippen molar-refractivity contribution in [2.24, 2.45) is 5.92 Å². The summed E-state index contributed by atoms with van der Waals surface area (Å²) in [6.07, 6.45) is 7.53. The van der Waals surface area contributed by atoms with Crippen LogP contribution < -0.4 is 9.80 Å². The maximum atomic E-state index is 13.6. The van der Waals surface area contributed by atoms with Gasteiger partial charge >= 0.3 is 0 Å². The van der Waals surface area contributed by atoms with Crippen molar-refractivity contribution in [2.75, 3.05) is 55.7 Å². The number of rotatable bonds is 6. The molecule has 4 heterocycles. The topological polar surface area (TPSA) is 73.6 Å². The SMILES string of the molecule is Cc1nn(-c2cccc(F)c2)cc1CN1CCN(c2nccnc2N2CCC(CO)CC2)CC1. The summed E-state index contributed by atoms with van der Waals surface area (Å²) in [5.74, 6) is 2.05. The quantitative estimate of drug-likeness (QED) is 0.600. The molecule has 0 spiro atoms. The first-order valence-electron chi connectivity index (χ1n) is 12.1. The molecule has 2 fully saturated rings. The Labute approximate surface area is 199 Å². The van der Waals surface area contributed by atoms with Gasteiger partial charge in [-0.15, -0.1) is 0 Å². The fourth-order valence-corrected chi connectivity index (χ4v) is 4.86. The third-order valence-corrected chi connectivity index (χ3v) is 6.97. The summed E-state index contributed by atoms with van der Waals surface area (Å²) in [5.41, 5.74) is 2.86. The summed E-state index contributed by atoms with van der Waals surface area (Å²) in [6.45, 7) is 8.52. The fraction of sp³-hybridized carbons (Fsp3) is 0.480. The number of aromatic nitrogens is 4. The van der Waals surface area contributed by atoms with Crippen LogP contribution in [0.2, 0.25) is 0 Å². The molecule has 9 heteroatoms. The number of hydrogen-bond donors (Lipinski definition) is 1. The predicted molar refractivity (Wildman–Crippen MR) is 130 cm³/mol. The van der Waals surface area contributed by atoms with Crippen LogP contribution in [0.5, 0.6) is 0 Å². The van der Waals surface area contributed by atoms with Gasteiger partial charge in [-0.3, -0.25) is 4.90 Å². The van der Waals surface area contributed by atoms with Crippen LogP contribution in [0.15, 0.2) is 42.9 Å². The van der Waals surface area contributed by atoms with E-state index in [2.05, 4.69) is 24.8 Å². The number of aliphatic hydroxyl groups excluding tert-OH is 1. The maximum absolute atomic E-state index is 13.6. The molecule has 2 aliphatic rings. The monoisotopic (exact) mass is 465 g/mol. The Balaban J connectivity index is 1.22. The number of halogens is 1. The Morgan fingerprint density at radius 2 is 1.65 bits per heavy atom. The van der Waals surface area contributed by atoms with Gasteiger partial charge < -0.3 is 14.9 Å². The van der Waals surface area contributed by atoms with Crippen molar-refractivity contribution < 1.29 is 9.50 Å². The number of nitrogens with zero attached hydrogens (tertiary/aromatic N) is 7. The molecule has 0 radical (unpaired) electrons. The van der Waals surface area contributed by atoms with Crippen LogP contribution in [0.25, 0.3) is 5.69 Å². The van der Waals surface area contributed by atoms with Crippen molar-refractivity contribution in [3.8, 4) is 5.69 Å².